The third-order valence-electron chi connectivity index (χ3n) is 4.26. The molecule has 0 bridgehead atoms. The van der Waals surface area contributed by atoms with Crippen LogP contribution in [0.3, 0.4) is 0 Å². The van der Waals surface area contributed by atoms with Crippen molar-refractivity contribution in [2.75, 3.05) is 52.6 Å². The first-order valence-corrected chi connectivity index (χ1v) is 8.29. The Morgan fingerprint density at radius 3 is 1.23 bits per heavy atom. The average Bonchev–Trinajstić information content (AvgIpc) is 2.65. The Bertz CT molecular complexity index is 551. The standard InChI is InChI=1S/C16H22N2O8/c19-13(17-1-5-25-6-2-17)9-11(15(21)22)12(16(23)24)10-14(20)18-3-7-26-8-4-18/h1-10H2,(H,21,22)(H,23,24)/b12-11+. The molecule has 2 amide bonds. The van der Waals surface area contributed by atoms with Gasteiger partial charge in [0.1, 0.15) is 0 Å². The highest BCUT2D eigenvalue weighted by Gasteiger charge is 2.29. The predicted molar refractivity (Wildman–Crippen MR) is 86.3 cm³/mol. The Kier molecular flexibility index (Phi) is 7.10. The molecular formula is C16H22N2O8. The lowest BCUT2D eigenvalue weighted by atomic mass is 10.0. The van der Waals surface area contributed by atoms with E-state index in [1.807, 2.05) is 0 Å². The highest BCUT2D eigenvalue weighted by molar-refractivity contribution is 6.05. The average molecular weight is 370 g/mol. The summed E-state index contributed by atoms with van der Waals surface area (Å²) in [6.45, 7) is 2.67. The molecule has 0 radical (unpaired) electrons. The van der Waals surface area contributed by atoms with Crippen LogP contribution in [0, 0.1) is 0 Å². The van der Waals surface area contributed by atoms with E-state index in [-0.39, 0.29) is 0 Å². The Balaban J connectivity index is 2.16. The van der Waals surface area contributed by atoms with Crippen LogP contribution in [0.4, 0.5) is 0 Å². The molecule has 10 heteroatoms. The van der Waals surface area contributed by atoms with E-state index in [2.05, 4.69) is 0 Å². The summed E-state index contributed by atoms with van der Waals surface area (Å²) in [6.07, 6.45) is -1.15. The van der Waals surface area contributed by atoms with E-state index in [0.717, 1.165) is 0 Å². The molecular weight excluding hydrogens is 348 g/mol. The maximum absolute atomic E-state index is 12.3. The number of ether oxygens (including phenoxy) is 2. The van der Waals surface area contributed by atoms with Crippen LogP contribution in [0.2, 0.25) is 0 Å². The summed E-state index contributed by atoms with van der Waals surface area (Å²) in [6, 6.07) is 0. The molecule has 2 heterocycles. The van der Waals surface area contributed by atoms with Gasteiger partial charge in [-0.25, -0.2) is 9.59 Å². The van der Waals surface area contributed by atoms with Crippen LogP contribution in [-0.4, -0.2) is 96.4 Å². The summed E-state index contributed by atoms with van der Waals surface area (Å²) in [5.41, 5.74) is -1.12. The summed E-state index contributed by atoms with van der Waals surface area (Å²) >= 11 is 0. The molecule has 0 atom stereocenters. The number of hydrogen-bond acceptors (Lipinski definition) is 6. The second-order valence-corrected chi connectivity index (χ2v) is 5.91. The van der Waals surface area contributed by atoms with Crippen molar-refractivity contribution in [2.24, 2.45) is 0 Å². The van der Waals surface area contributed by atoms with Crippen molar-refractivity contribution >= 4 is 23.8 Å². The molecule has 0 aromatic heterocycles. The molecule has 0 saturated carbocycles. The largest absolute Gasteiger partial charge is 0.478 e. The summed E-state index contributed by atoms with van der Waals surface area (Å²) in [7, 11) is 0. The van der Waals surface area contributed by atoms with Crippen LogP contribution < -0.4 is 0 Å². The molecule has 2 saturated heterocycles. The van der Waals surface area contributed by atoms with Gasteiger partial charge in [0.15, 0.2) is 0 Å². The number of carbonyl (C=O) groups is 4. The van der Waals surface area contributed by atoms with Crippen LogP contribution in [0.25, 0.3) is 0 Å². The normalized spacial score (nSPS) is 18.9. The Morgan fingerprint density at radius 2 is 0.962 bits per heavy atom. The van der Waals surface area contributed by atoms with E-state index >= 15 is 0 Å². The Morgan fingerprint density at radius 1 is 0.654 bits per heavy atom. The SMILES string of the molecule is O=C(O)/C(CC(=O)N1CCOCC1)=C(\CC(=O)N1CCOCC1)C(=O)O. The number of aliphatic carboxylic acids is 2. The lowest BCUT2D eigenvalue weighted by Crippen LogP contribution is -2.42. The van der Waals surface area contributed by atoms with Crippen molar-refractivity contribution in [2.45, 2.75) is 12.8 Å². The predicted octanol–water partition coefficient (Wildman–Crippen LogP) is -1.05. The summed E-state index contributed by atoms with van der Waals surface area (Å²) in [5, 5.41) is 18.8. The maximum Gasteiger partial charge on any atom is 0.332 e. The van der Waals surface area contributed by atoms with E-state index in [4.69, 9.17) is 9.47 Å². The minimum atomic E-state index is -1.52. The first-order valence-electron chi connectivity index (χ1n) is 8.29. The topological polar surface area (TPSA) is 134 Å². The molecule has 2 aliphatic heterocycles. The summed E-state index contributed by atoms with van der Waals surface area (Å²) in [5.74, 6) is -4.02. The highest BCUT2D eigenvalue weighted by Crippen LogP contribution is 2.18. The molecule has 2 N–H and O–H groups in total. The van der Waals surface area contributed by atoms with Gasteiger partial charge in [-0.05, 0) is 0 Å². The molecule has 0 unspecified atom stereocenters. The van der Waals surface area contributed by atoms with Crippen molar-refractivity contribution in [3.63, 3.8) is 0 Å². The molecule has 144 valence electrons. The monoisotopic (exact) mass is 370 g/mol. The van der Waals surface area contributed by atoms with Crippen LogP contribution in [0.15, 0.2) is 11.1 Å². The van der Waals surface area contributed by atoms with E-state index in [0.29, 0.717) is 52.6 Å². The van der Waals surface area contributed by atoms with Crippen LogP contribution in [0.1, 0.15) is 12.8 Å². The zero-order valence-electron chi connectivity index (χ0n) is 14.3. The smallest absolute Gasteiger partial charge is 0.332 e. The molecule has 0 spiro atoms. The molecule has 0 aliphatic carbocycles. The van der Waals surface area contributed by atoms with Crippen molar-refractivity contribution in [1.29, 1.82) is 0 Å². The number of amides is 2. The fraction of sp³-hybridized carbons (Fsp3) is 0.625. The Hall–Kier alpha value is -2.46. The van der Waals surface area contributed by atoms with Crippen LogP contribution in [0.5, 0.6) is 0 Å². The maximum atomic E-state index is 12.3. The van der Waals surface area contributed by atoms with E-state index in [1.54, 1.807) is 0 Å². The van der Waals surface area contributed by atoms with Crippen molar-refractivity contribution < 1.29 is 38.9 Å². The van der Waals surface area contributed by atoms with Gasteiger partial charge in [-0.15, -0.1) is 0 Å². The van der Waals surface area contributed by atoms with Gasteiger partial charge in [0.2, 0.25) is 11.8 Å². The minimum Gasteiger partial charge on any atom is -0.478 e. The van der Waals surface area contributed by atoms with Crippen LogP contribution >= 0.6 is 0 Å². The third-order valence-corrected chi connectivity index (χ3v) is 4.26. The lowest BCUT2D eigenvalue weighted by Gasteiger charge is -2.28. The minimum absolute atomic E-state index is 0.320. The van der Waals surface area contributed by atoms with E-state index < -0.39 is 47.7 Å². The van der Waals surface area contributed by atoms with Gasteiger partial charge >= 0.3 is 11.9 Å². The van der Waals surface area contributed by atoms with Gasteiger partial charge in [0.05, 0.1) is 50.4 Å². The van der Waals surface area contributed by atoms with E-state index in [1.165, 1.54) is 9.80 Å². The number of carboxylic acids is 2. The molecule has 0 aromatic carbocycles. The number of carboxylic acid groups (broad SMARTS) is 2. The quantitative estimate of drug-likeness (QED) is 0.566. The summed E-state index contributed by atoms with van der Waals surface area (Å²) in [4.78, 5) is 50.6. The molecule has 26 heavy (non-hydrogen) atoms. The van der Waals surface area contributed by atoms with Gasteiger partial charge in [-0.3, -0.25) is 9.59 Å². The third kappa shape index (κ3) is 5.27. The molecule has 10 nitrogen and oxygen atoms in total. The molecule has 0 aromatic rings. The fourth-order valence-electron chi connectivity index (χ4n) is 2.77. The van der Waals surface area contributed by atoms with Gasteiger partial charge in [0, 0.05) is 26.2 Å². The number of carbonyl (C=O) groups excluding carboxylic acids is 2. The second kappa shape index (κ2) is 9.30. The first kappa shape index (κ1) is 19.9. The van der Waals surface area contributed by atoms with Crippen molar-refractivity contribution in [3.8, 4) is 0 Å². The molecule has 2 fully saturated rings. The van der Waals surface area contributed by atoms with Crippen LogP contribution in [-0.2, 0) is 28.7 Å². The molecule has 2 aliphatic rings. The van der Waals surface area contributed by atoms with Crippen molar-refractivity contribution in [1.82, 2.24) is 9.80 Å². The zero-order valence-corrected chi connectivity index (χ0v) is 14.3. The number of nitrogens with zero attached hydrogens (tertiary/aromatic N) is 2. The van der Waals surface area contributed by atoms with Gasteiger partial charge < -0.3 is 29.5 Å². The number of hydrogen-bond donors (Lipinski definition) is 2. The van der Waals surface area contributed by atoms with Gasteiger partial charge in [-0.1, -0.05) is 0 Å². The van der Waals surface area contributed by atoms with Gasteiger partial charge in [0.25, 0.3) is 0 Å². The fourth-order valence-corrected chi connectivity index (χ4v) is 2.77. The zero-order chi connectivity index (χ0) is 19.1. The number of morpholine rings is 2. The number of rotatable bonds is 6. The second-order valence-electron chi connectivity index (χ2n) is 5.91. The van der Waals surface area contributed by atoms with E-state index in [9.17, 15) is 29.4 Å². The summed E-state index contributed by atoms with van der Waals surface area (Å²) < 4.78 is 10.3. The molecule has 2 rings (SSSR count). The lowest BCUT2D eigenvalue weighted by molar-refractivity contribution is -0.140. The first-order chi connectivity index (χ1) is 12.4. The van der Waals surface area contributed by atoms with Crippen molar-refractivity contribution in [3.05, 3.63) is 11.1 Å². The van der Waals surface area contributed by atoms with Gasteiger partial charge in [-0.2, -0.15) is 0 Å². The Labute approximate surface area is 149 Å². The highest BCUT2D eigenvalue weighted by atomic mass is 16.5.